The molecule has 0 heterocycles. The molecule has 1 N–H and O–H groups in total. The third kappa shape index (κ3) is 3.76. The average Bonchev–Trinajstić information content (AvgIpc) is 2.42. The number of rotatable bonds is 5. The minimum absolute atomic E-state index is 0.0532. The largest absolute Gasteiger partial charge is 0.309 e. The van der Waals surface area contributed by atoms with Crippen molar-refractivity contribution in [2.45, 2.75) is 13.1 Å². The molecule has 2 aromatic carbocycles. The van der Waals surface area contributed by atoms with Crippen LogP contribution in [0, 0.1) is 15.9 Å². The molecule has 0 aromatic heterocycles. The van der Waals surface area contributed by atoms with Crippen LogP contribution in [0.2, 0.25) is 5.02 Å². The minimum Gasteiger partial charge on any atom is -0.309 e. The first-order valence-electron chi connectivity index (χ1n) is 5.94. The lowest BCUT2D eigenvalue weighted by molar-refractivity contribution is -0.384. The molecule has 0 atom stereocenters. The Labute approximate surface area is 120 Å². The van der Waals surface area contributed by atoms with E-state index in [1.54, 1.807) is 24.3 Å². The van der Waals surface area contributed by atoms with E-state index in [0.29, 0.717) is 23.7 Å². The maximum atomic E-state index is 13.5. The van der Waals surface area contributed by atoms with E-state index in [9.17, 15) is 14.5 Å². The Morgan fingerprint density at radius 3 is 2.45 bits per heavy atom. The van der Waals surface area contributed by atoms with Gasteiger partial charge in [-0.25, -0.2) is 4.39 Å². The molecule has 2 rings (SSSR count). The van der Waals surface area contributed by atoms with Gasteiger partial charge >= 0.3 is 0 Å². The van der Waals surface area contributed by atoms with E-state index >= 15 is 0 Å². The second kappa shape index (κ2) is 6.45. The van der Waals surface area contributed by atoms with E-state index in [2.05, 4.69) is 5.32 Å². The summed E-state index contributed by atoms with van der Waals surface area (Å²) in [5.41, 5.74) is 1.47. The van der Waals surface area contributed by atoms with Crippen LogP contribution in [0.1, 0.15) is 11.1 Å². The van der Waals surface area contributed by atoms with Gasteiger partial charge < -0.3 is 5.32 Å². The summed E-state index contributed by atoms with van der Waals surface area (Å²) < 4.78 is 13.5. The Kier molecular flexibility index (Phi) is 4.65. The fraction of sp³-hybridized carbons (Fsp3) is 0.143. The molecular formula is C14H12ClFN2O2. The van der Waals surface area contributed by atoms with Gasteiger partial charge in [-0.2, -0.15) is 0 Å². The molecule has 0 amide bonds. The molecule has 0 saturated carbocycles. The molecule has 0 aliphatic carbocycles. The molecule has 0 unspecified atom stereocenters. The van der Waals surface area contributed by atoms with E-state index < -0.39 is 4.92 Å². The van der Waals surface area contributed by atoms with Gasteiger partial charge in [0.15, 0.2) is 0 Å². The van der Waals surface area contributed by atoms with Gasteiger partial charge in [0.25, 0.3) is 5.69 Å². The third-order valence-electron chi connectivity index (χ3n) is 2.81. The van der Waals surface area contributed by atoms with Crippen LogP contribution >= 0.6 is 11.6 Å². The highest BCUT2D eigenvalue weighted by atomic mass is 35.5. The van der Waals surface area contributed by atoms with Gasteiger partial charge in [-0.05, 0) is 17.7 Å². The third-order valence-corrected chi connectivity index (χ3v) is 3.04. The summed E-state index contributed by atoms with van der Waals surface area (Å²) in [6, 6.07) is 10.8. The fourth-order valence-electron chi connectivity index (χ4n) is 1.74. The van der Waals surface area contributed by atoms with Crippen molar-refractivity contribution >= 4 is 17.3 Å². The van der Waals surface area contributed by atoms with Gasteiger partial charge in [0.1, 0.15) is 5.82 Å². The number of halogens is 2. The smallest absolute Gasteiger partial charge is 0.269 e. The van der Waals surface area contributed by atoms with Gasteiger partial charge in [0.2, 0.25) is 0 Å². The quantitative estimate of drug-likeness (QED) is 0.676. The van der Waals surface area contributed by atoms with E-state index in [-0.39, 0.29) is 11.5 Å². The Bertz CT molecular complexity index is 617. The number of non-ortho nitro benzene ring substituents is 1. The summed E-state index contributed by atoms with van der Waals surface area (Å²) in [5, 5.41) is 14.0. The lowest BCUT2D eigenvalue weighted by Gasteiger charge is -2.06. The highest BCUT2D eigenvalue weighted by Crippen LogP contribution is 2.15. The summed E-state index contributed by atoms with van der Waals surface area (Å²) in [5.74, 6) is -0.353. The molecule has 0 spiro atoms. The van der Waals surface area contributed by atoms with E-state index in [0.717, 1.165) is 5.56 Å². The van der Waals surface area contributed by atoms with Crippen molar-refractivity contribution in [3.63, 3.8) is 0 Å². The van der Waals surface area contributed by atoms with Crippen molar-refractivity contribution in [3.8, 4) is 0 Å². The molecule has 0 aliphatic rings. The van der Waals surface area contributed by atoms with Gasteiger partial charge in [-0.3, -0.25) is 10.1 Å². The predicted octanol–water partition coefficient (Wildman–Crippen LogP) is 3.68. The number of nitro benzene ring substituents is 1. The predicted molar refractivity (Wildman–Crippen MR) is 75.1 cm³/mol. The number of hydrogen-bond acceptors (Lipinski definition) is 3. The van der Waals surface area contributed by atoms with E-state index in [1.807, 2.05) is 0 Å². The van der Waals surface area contributed by atoms with Gasteiger partial charge in [0, 0.05) is 35.8 Å². The first-order valence-corrected chi connectivity index (χ1v) is 6.32. The van der Waals surface area contributed by atoms with Crippen LogP contribution < -0.4 is 5.32 Å². The molecule has 0 saturated heterocycles. The summed E-state index contributed by atoms with van der Waals surface area (Å²) in [6.45, 7) is 0.861. The summed E-state index contributed by atoms with van der Waals surface area (Å²) in [7, 11) is 0. The molecule has 20 heavy (non-hydrogen) atoms. The SMILES string of the molecule is O=[N+]([O-])c1ccc(CNCc2ccc(Cl)cc2F)cc1. The summed E-state index contributed by atoms with van der Waals surface area (Å²) >= 11 is 5.67. The zero-order chi connectivity index (χ0) is 14.5. The second-order valence-electron chi connectivity index (χ2n) is 4.26. The summed E-state index contributed by atoms with van der Waals surface area (Å²) in [6.07, 6.45) is 0. The van der Waals surface area contributed by atoms with Crippen LogP contribution in [0.15, 0.2) is 42.5 Å². The maximum absolute atomic E-state index is 13.5. The molecule has 6 heteroatoms. The Morgan fingerprint density at radius 1 is 1.15 bits per heavy atom. The Hall–Kier alpha value is -1.98. The zero-order valence-electron chi connectivity index (χ0n) is 10.5. The highest BCUT2D eigenvalue weighted by molar-refractivity contribution is 6.30. The number of benzene rings is 2. The number of hydrogen-bond donors (Lipinski definition) is 1. The van der Waals surface area contributed by atoms with Crippen LogP contribution in [-0.2, 0) is 13.1 Å². The number of nitrogens with one attached hydrogen (secondary N) is 1. The lowest BCUT2D eigenvalue weighted by Crippen LogP contribution is -2.13. The Morgan fingerprint density at radius 2 is 1.85 bits per heavy atom. The minimum atomic E-state index is -0.444. The second-order valence-corrected chi connectivity index (χ2v) is 4.70. The van der Waals surface area contributed by atoms with Crippen LogP contribution in [0.4, 0.5) is 10.1 Å². The van der Waals surface area contributed by atoms with Crippen LogP contribution in [0.25, 0.3) is 0 Å². The van der Waals surface area contributed by atoms with Gasteiger partial charge in [-0.1, -0.05) is 29.8 Å². The lowest BCUT2D eigenvalue weighted by atomic mass is 10.2. The highest BCUT2D eigenvalue weighted by Gasteiger charge is 2.05. The van der Waals surface area contributed by atoms with Crippen molar-refractivity contribution in [1.82, 2.24) is 5.32 Å². The van der Waals surface area contributed by atoms with Crippen molar-refractivity contribution in [2.75, 3.05) is 0 Å². The van der Waals surface area contributed by atoms with E-state index in [1.165, 1.54) is 18.2 Å². The van der Waals surface area contributed by atoms with Gasteiger partial charge in [0.05, 0.1) is 4.92 Å². The number of nitrogens with zero attached hydrogens (tertiary/aromatic N) is 1. The molecular weight excluding hydrogens is 283 g/mol. The van der Waals surface area contributed by atoms with Crippen molar-refractivity contribution in [2.24, 2.45) is 0 Å². The first kappa shape index (κ1) is 14.4. The average molecular weight is 295 g/mol. The molecule has 0 fully saturated rings. The normalized spacial score (nSPS) is 10.5. The number of nitro groups is 1. The van der Waals surface area contributed by atoms with Crippen LogP contribution in [0.3, 0.4) is 0 Å². The van der Waals surface area contributed by atoms with Crippen LogP contribution in [-0.4, -0.2) is 4.92 Å². The summed E-state index contributed by atoms with van der Waals surface area (Å²) in [4.78, 5) is 10.1. The monoisotopic (exact) mass is 294 g/mol. The van der Waals surface area contributed by atoms with Crippen molar-refractivity contribution in [1.29, 1.82) is 0 Å². The zero-order valence-corrected chi connectivity index (χ0v) is 11.2. The van der Waals surface area contributed by atoms with Crippen molar-refractivity contribution in [3.05, 3.63) is 74.5 Å². The molecule has 0 bridgehead atoms. The topological polar surface area (TPSA) is 55.2 Å². The maximum Gasteiger partial charge on any atom is 0.269 e. The standard InChI is InChI=1S/C14H12ClFN2O2/c15-12-4-3-11(14(16)7-12)9-17-8-10-1-5-13(6-2-10)18(19)20/h1-7,17H,8-9H2. The molecule has 0 aliphatic heterocycles. The fourth-order valence-corrected chi connectivity index (χ4v) is 1.90. The molecule has 2 aromatic rings. The molecule has 0 radical (unpaired) electrons. The Balaban J connectivity index is 1.91. The van der Waals surface area contributed by atoms with E-state index in [4.69, 9.17) is 11.6 Å². The molecule has 4 nitrogen and oxygen atoms in total. The van der Waals surface area contributed by atoms with Gasteiger partial charge in [-0.15, -0.1) is 0 Å². The molecule has 104 valence electrons. The first-order chi connectivity index (χ1) is 9.56. The van der Waals surface area contributed by atoms with Crippen LogP contribution in [0.5, 0.6) is 0 Å². The van der Waals surface area contributed by atoms with Crippen molar-refractivity contribution < 1.29 is 9.31 Å².